The van der Waals surface area contributed by atoms with E-state index in [4.69, 9.17) is 4.99 Å². The highest BCUT2D eigenvalue weighted by molar-refractivity contribution is 5.79. The van der Waals surface area contributed by atoms with Gasteiger partial charge in [0.05, 0.1) is 6.54 Å². The first-order valence-electron chi connectivity index (χ1n) is 10.5. The third kappa shape index (κ3) is 7.15. The quantitative estimate of drug-likeness (QED) is 0.543. The van der Waals surface area contributed by atoms with Gasteiger partial charge in [-0.15, -0.1) is 0 Å². The lowest BCUT2D eigenvalue weighted by Gasteiger charge is -2.39. The van der Waals surface area contributed by atoms with Crippen LogP contribution >= 0.6 is 0 Å². The molecule has 27 heavy (non-hydrogen) atoms. The van der Waals surface area contributed by atoms with Crippen molar-refractivity contribution >= 4 is 5.96 Å². The molecule has 1 aromatic carbocycles. The van der Waals surface area contributed by atoms with Crippen LogP contribution in [0.5, 0.6) is 0 Å². The van der Waals surface area contributed by atoms with E-state index in [9.17, 15) is 0 Å². The second-order valence-corrected chi connectivity index (χ2v) is 8.06. The molecular formula is C22H39N5. The van der Waals surface area contributed by atoms with Gasteiger partial charge in [0.25, 0.3) is 0 Å². The van der Waals surface area contributed by atoms with E-state index in [1.54, 1.807) is 0 Å². The van der Waals surface area contributed by atoms with Crippen LogP contribution in [0.25, 0.3) is 0 Å². The van der Waals surface area contributed by atoms with Crippen LogP contribution in [0.3, 0.4) is 0 Å². The maximum atomic E-state index is 4.93. The minimum atomic E-state index is 0.452. The highest BCUT2D eigenvalue weighted by atomic mass is 15.3. The summed E-state index contributed by atoms with van der Waals surface area (Å²) in [5.74, 6) is 1.98. The minimum Gasteiger partial charge on any atom is -0.357 e. The zero-order valence-corrected chi connectivity index (χ0v) is 17.9. The van der Waals surface area contributed by atoms with Crippen LogP contribution in [0.1, 0.15) is 39.2 Å². The Morgan fingerprint density at radius 3 is 2.30 bits per heavy atom. The summed E-state index contributed by atoms with van der Waals surface area (Å²) in [6, 6.07) is 11.2. The summed E-state index contributed by atoms with van der Waals surface area (Å²) >= 11 is 0. The molecule has 2 unspecified atom stereocenters. The Labute approximate surface area is 166 Å². The fourth-order valence-electron chi connectivity index (χ4n) is 3.58. The molecule has 1 aliphatic heterocycles. The van der Waals surface area contributed by atoms with Crippen molar-refractivity contribution < 1.29 is 0 Å². The molecule has 1 fully saturated rings. The van der Waals surface area contributed by atoms with Crippen LogP contribution in [0.2, 0.25) is 0 Å². The van der Waals surface area contributed by atoms with Crippen molar-refractivity contribution in [3.63, 3.8) is 0 Å². The number of rotatable bonds is 8. The zero-order chi connectivity index (χ0) is 19.6. The lowest BCUT2D eigenvalue weighted by molar-refractivity contribution is 0.0925. The summed E-state index contributed by atoms with van der Waals surface area (Å²) < 4.78 is 0. The first-order valence-corrected chi connectivity index (χ1v) is 10.5. The highest BCUT2D eigenvalue weighted by Crippen LogP contribution is 2.15. The topological polar surface area (TPSA) is 42.9 Å². The first kappa shape index (κ1) is 21.7. The first-order chi connectivity index (χ1) is 13.0. The van der Waals surface area contributed by atoms with Crippen molar-refractivity contribution in [1.29, 1.82) is 0 Å². The SMILES string of the molecule is CCNC(=NCC(C(C)C)N1CCN(C)CC1)NCC(C)c1ccccc1. The largest absolute Gasteiger partial charge is 0.357 e. The molecule has 0 radical (unpaired) electrons. The molecule has 0 aromatic heterocycles. The maximum absolute atomic E-state index is 4.93. The van der Waals surface area contributed by atoms with Gasteiger partial charge in [-0.05, 0) is 31.4 Å². The molecule has 2 atom stereocenters. The predicted octanol–water partition coefficient (Wildman–Crippen LogP) is 2.62. The van der Waals surface area contributed by atoms with E-state index in [-0.39, 0.29) is 0 Å². The Hall–Kier alpha value is -1.59. The molecule has 1 heterocycles. The van der Waals surface area contributed by atoms with Crippen LogP contribution in [-0.4, -0.2) is 74.7 Å². The van der Waals surface area contributed by atoms with E-state index < -0.39 is 0 Å². The summed E-state index contributed by atoms with van der Waals surface area (Å²) in [7, 11) is 2.21. The number of nitrogens with zero attached hydrogens (tertiary/aromatic N) is 3. The molecule has 0 saturated carbocycles. The van der Waals surface area contributed by atoms with Crippen LogP contribution in [0.15, 0.2) is 35.3 Å². The standard InChI is InChI=1S/C22H39N5/c1-6-23-22(24-16-19(4)20-10-8-7-9-11-20)25-17-21(18(2)3)27-14-12-26(5)13-15-27/h7-11,18-19,21H,6,12-17H2,1-5H3,(H2,23,24,25). The van der Waals surface area contributed by atoms with Gasteiger partial charge < -0.3 is 15.5 Å². The second-order valence-electron chi connectivity index (χ2n) is 8.06. The average molecular weight is 374 g/mol. The fraction of sp³-hybridized carbons (Fsp3) is 0.682. The number of nitrogens with one attached hydrogen (secondary N) is 2. The molecular weight excluding hydrogens is 334 g/mol. The van der Waals surface area contributed by atoms with Gasteiger partial charge in [-0.25, -0.2) is 0 Å². The third-order valence-corrected chi connectivity index (χ3v) is 5.50. The van der Waals surface area contributed by atoms with Gasteiger partial charge in [0, 0.05) is 45.3 Å². The summed E-state index contributed by atoms with van der Waals surface area (Å²) in [5.41, 5.74) is 1.36. The Kier molecular flexibility index (Phi) is 9.08. The Bertz CT molecular complexity index is 549. The molecule has 152 valence electrons. The van der Waals surface area contributed by atoms with Gasteiger partial charge in [-0.2, -0.15) is 0 Å². The second kappa shape index (κ2) is 11.3. The van der Waals surface area contributed by atoms with Crippen LogP contribution in [0, 0.1) is 5.92 Å². The van der Waals surface area contributed by atoms with Crippen LogP contribution in [-0.2, 0) is 0 Å². The van der Waals surface area contributed by atoms with Gasteiger partial charge >= 0.3 is 0 Å². The van der Waals surface area contributed by atoms with Crippen molar-refractivity contribution in [3.8, 4) is 0 Å². The molecule has 0 bridgehead atoms. The number of likely N-dealkylation sites (N-methyl/N-ethyl adjacent to an activating group) is 1. The molecule has 5 nitrogen and oxygen atoms in total. The molecule has 5 heteroatoms. The van der Waals surface area contributed by atoms with E-state index in [0.29, 0.717) is 17.9 Å². The average Bonchev–Trinajstić information content (AvgIpc) is 2.67. The van der Waals surface area contributed by atoms with E-state index >= 15 is 0 Å². The van der Waals surface area contributed by atoms with Crippen molar-refractivity contribution in [3.05, 3.63) is 35.9 Å². The lowest BCUT2D eigenvalue weighted by Crippen LogP contribution is -2.52. The third-order valence-electron chi connectivity index (χ3n) is 5.50. The van der Waals surface area contributed by atoms with Crippen molar-refractivity contribution in [2.45, 2.75) is 39.7 Å². The fourth-order valence-corrected chi connectivity index (χ4v) is 3.58. The van der Waals surface area contributed by atoms with Crippen LogP contribution in [0.4, 0.5) is 0 Å². The van der Waals surface area contributed by atoms with E-state index in [0.717, 1.165) is 51.8 Å². The van der Waals surface area contributed by atoms with Gasteiger partial charge in [0.1, 0.15) is 0 Å². The molecule has 0 amide bonds. The number of aliphatic imine (C=N–C) groups is 1. The molecule has 0 aliphatic carbocycles. The lowest BCUT2D eigenvalue weighted by atomic mass is 10.0. The van der Waals surface area contributed by atoms with Gasteiger partial charge in [-0.3, -0.25) is 9.89 Å². The van der Waals surface area contributed by atoms with Crippen molar-refractivity contribution in [1.82, 2.24) is 20.4 Å². The normalized spacial score (nSPS) is 19.1. The molecule has 1 aliphatic rings. The summed E-state index contributed by atoms with van der Waals surface area (Å²) in [6.45, 7) is 16.2. The van der Waals surface area contributed by atoms with E-state index in [2.05, 4.69) is 85.5 Å². The number of hydrogen-bond donors (Lipinski definition) is 2. The smallest absolute Gasteiger partial charge is 0.191 e. The summed E-state index contributed by atoms with van der Waals surface area (Å²) in [5, 5.41) is 6.94. The van der Waals surface area contributed by atoms with Gasteiger partial charge in [-0.1, -0.05) is 51.1 Å². The highest BCUT2D eigenvalue weighted by Gasteiger charge is 2.24. The Balaban J connectivity index is 1.93. The predicted molar refractivity (Wildman–Crippen MR) is 117 cm³/mol. The molecule has 2 N–H and O–H groups in total. The van der Waals surface area contributed by atoms with Gasteiger partial charge in [0.2, 0.25) is 0 Å². The minimum absolute atomic E-state index is 0.452. The maximum Gasteiger partial charge on any atom is 0.191 e. The van der Waals surface area contributed by atoms with E-state index in [1.807, 2.05) is 0 Å². The monoisotopic (exact) mass is 373 g/mol. The molecule has 0 spiro atoms. The Morgan fingerprint density at radius 1 is 1.04 bits per heavy atom. The van der Waals surface area contributed by atoms with E-state index in [1.165, 1.54) is 5.56 Å². The molecule has 1 aromatic rings. The van der Waals surface area contributed by atoms with Crippen LogP contribution < -0.4 is 10.6 Å². The van der Waals surface area contributed by atoms with Gasteiger partial charge in [0.15, 0.2) is 5.96 Å². The van der Waals surface area contributed by atoms with Crippen molar-refractivity contribution in [2.24, 2.45) is 10.9 Å². The number of piperazine rings is 1. The van der Waals surface area contributed by atoms with Crippen molar-refractivity contribution in [2.75, 3.05) is 52.9 Å². The zero-order valence-electron chi connectivity index (χ0n) is 17.9. The Morgan fingerprint density at radius 2 is 1.70 bits per heavy atom. The molecule has 2 rings (SSSR count). The summed E-state index contributed by atoms with van der Waals surface area (Å²) in [4.78, 5) is 9.96. The molecule has 1 saturated heterocycles. The number of benzene rings is 1. The number of hydrogen-bond acceptors (Lipinski definition) is 3. The number of guanidine groups is 1. The summed E-state index contributed by atoms with van der Waals surface area (Å²) in [6.07, 6.45) is 0.